The Bertz CT molecular complexity index is 712. The Morgan fingerprint density at radius 1 is 1.36 bits per heavy atom. The van der Waals surface area contributed by atoms with Gasteiger partial charge in [-0.15, -0.1) is 0 Å². The number of hydrogen-bond donors (Lipinski definition) is 2. The number of urea groups is 1. The van der Waals surface area contributed by atoms with Crippen LogP contribution < -0.4 is 10.6 Å². The zero-order valence-corrected chi connectivity index (χ0v) is 15.2. The first-order valence-corrected chi connectivity index (χ1v) is 8.84. The number of amides is 2. The van der Waals surface area contributed by atoms with Gasteiger partial charge in [-0.25, -0.2) is 4.79 Å². The number of nitrogens with one attached hydrogen (secondary N) is 2. The van der Waals surface area contributed by atoms with Crippen molar-refractivity contribution in [3.63, 3.8) is 0 Å². The summed E-state index contributed by atoms with van der Waals surface area (Å²) in [4.78, 5) is 14.7. The molecule has 2 heterocycles. The number of aromatic nitrogens is 2. The number of hydrogen-bond acceptors (Lipinski definition) is 3. The molecule has 1 aromatic carbocycles. The number of aryl methyl sites for hydroxylation is 1. The normalized spacial score (nSPS) is 18.9. The van der Waals surface area contributed by atoms with Gasteiger partial charge in [-0.1, -0.05) is 30.3 Å². The zero-order valence-electron chi connectivity index (χ0n) is 15.2. The molecule has 1 saturated heterocycles. The summed E-state index contributed by atoms with van der Waals surface area (Å²) in [7, 11) is 1.91. The first kappa shape index (κ1) is 17.5. The highest BCUT2D eigenvalue weighted by Crippen LogP contribution is 2.16. The van der Waals surface area contributed by atoms with E-state index in [1.54, 1.807) is 0 Å². The molecule has 1 aliphatic rings. The maximum Gasteiger partial charge on any atom is 0.315 e. The quantitative estimate of drug-likeness (QED) is 0.878. The van der Waals surface area contributed by atoms with Crippen LogP contribution in [0.1, 0.15) is 36.2 Å². The van der Waals surface area contributed by atoms with Gasteiger partial charge in [0.2, 0.25) is 0 Å². The van der Waals surface area contributed by atoms with Crippen molar-refractivity contribution in [3.8, 4) is 0 Å². The second-order valence-electron chi connectivity index (χ2n) is 6.85. The summed E-state index contributed by atoms with van der Waals surface area (Å²) in [5, 5.41) is 10.4. The molecule has 6 heteroatoms. The molecule has 134 valence electrons. The number of nitrogens with zero attached hydrogens (tertiary/aromatic N) is 3. The predicted octanol–water partition coefficient (Wildman–Crippen LogP) is 2.36. The summed E-state index contributed by atoms with van der Waals surface area (Å²) in [6.07, 6.45) is 2.80. The first-order valence-electron chi connectivity index (χ1n) is 8.84. The number of carbonyl (C=O) groups is 1. The molecule has 2 N–H and O–H groups in total. The smallest absolute Gasteiger partial charge is 0.315 e. The Labute approximate surface area is 149 Å². The average molecular weight is 341 g/mol. The van der Waals surface area contributed by atoms with E-state index in [4.69, 9.17) is 0 Å². The van der Waals surface area contributed by atoms with Crippen molar-refractivity contribution in [3.05, 3.63) is 53.3 Å². The minimum atomic E-state index is -0.109. The van der Waals surface area contributed by atoms with Gasteiger partial charge in [0, 0.05) is 44.0 Å². The molecule has 2 amide bonds. The SMILES string of the molecule is Cc1c(C(C)NC(=O)NC2CCN(Cc3ccccc3)C2)cnn1C. The molecule has 25 heavy (non-hydrogen) atoms. The summed E-state index contributed by atoms with van der Waals surface area (Å²) >= 11 is 0. The van der Waals surface area contributed by atoms with E-state index in [9.17, 15) is 4.79 Å². The second kappa shape index (κ2) is 7.70. The van der Waals surface area contributed by atoms with E-state index in [2.05, 4.69) is 44.9 Å². The second-order valence-corrected chi connectivity index (χ2v) is 6.85. The van der Waals surface area contributed by atoms with Gasteiger partial charge in [0.05, 0.1) is 12.2 Å². The Balaban J connectivity index is 1.46. The minimum absolute atomic E-state index is 0.0597. The van der Waals surface area contributed by atoms with E-state index in [-0.39, 0.29) is 18.1 Å². The minimum Gasteiger partial charge on any atom is -0.334 e. The lowest BCUT2D eigenvalue weighted by atomic mass is 10.1. The zero-order chi connectivity index (χ0) is 17.8. The van der Waals surface area contributed by atoms with Crippen LogP contribution in [0.15, 0.2) is 36.5 Å². The predicted molar refractivity (Wildman–Crippen MR) is 98.2 cm³/mol. The highest BCUT2D eigenvalue weighted by molar-refractivity contribution is 5.74. The molecule has 2 atom stereocenters. The Morgan fingerprint density at radius 3 is 2.80 bits per heavy atom. The summed E-state index contributed by atoms with van der Waals surface area (Å²) in [6.45, 7) is 6.84. The fourth-order valence-electron chi connectivity index (χ4n) is 3.38. The highest BCUT2D eigenvalue weighted by Gasteiger charge is 2.24. The van der Waals surface area contributed by atoms with Gasteiger partial charge in [-0.05, 0) is 25.8 Å². The number of carbonyl (C=O) groups excluding carboxylic acids is 1. The van der Waals surface area contributed by atoms with E-state index in [1.165, 1.54) is 5.56 Å². The topological polar surface area (TPSA) is 62.2 Å². The van der Waals surface area contributed by atoms with Crippen molar-refractivity contribution in [2.24, 2.45) is 7.05 Å². The van der Waals surface area contributed by atoms with Gasteiger partial charge in [0.1, 0.15) is 0 Å². The van der Waals surface area contributed by atoms with Crippen LogP contribution in [0.2, 0.25) is 0 Å². The maximum absolute atomic E-state index is 12.3. The molecule has 1 aliphatic heterocycles. The van der Waals surface area contributed by atoms with Crippen molar-refractivity contribution in [2.75, 3.05) is 13.1 Å². The third-order valence-corrected chi connectivity index (χ3v) is 4.94. The molecular weight excluding hydrogens is 314 g/mol. The van der Waals surface area contributed by atoms with Crippen molar-refractivity contribution < 1.29 is 4.79 Å². The fraction of sp³-hybridized carbons (Fsp3) is 0.474. The first-order chi connectivity index (χ1) is 12.0. The molecule has 1 fully saturated rings. The van der Waals surface area contributed by atoms with Crippen LogP contribution in [0, 0.1) is 6.92 Å². The molecule has 3 rings (SSSR count). The highest BCUT2D eigenvalue weighted by atomic mass is 16.2. The van der Waals surface area contributed by atoms with Gasteiger partial charge in [-0.3, -0.25) is 9.58 Å². The molecule has 0 bridgehead atoms. The van der Waals surface area contributed by atoms with Crippen molar-refractivity contribution in [1.82, 2.24) is 25.3 Å². The van der Waals surface area contributed by atoms with E-state index in [1.807, 2.05) is 37.8 Å². The molecule has 6 nitrogen and oxygen atoms in total. The maximum atomic E-state index is 12.3. The van der Waals surface area contributed by atoms with Crippen LogP contribution in [0.25, 0.3) is 0 Å². The van der Waals surface area contributed by atoms with Crippen molar-refractivity contribution >= 4 is 6.03 Å². The molecule has 2 aromatic rings. The van der Waals surface area contributed by atoms with Crippen LogP contribution in [-0.2, 0) is 13.6 Å². The summed E-state index contributed by atoms with van der Waals surface area (Å²) < 4.78 is 1.82. The molecule has 1 aromatic heterocycles. The van der Waals surface area contributed by atoms with Crippen molar-refractivity contribution in [1.29, 1.82) is 0 Å². The van der Waals surface area contributed by atoms with Gasteiger partial charge >= 0.3 is 6.03 Å². The van der Waals surface area contributed by atoms with Crippen LogP contribution in [0.3, 0.4) is 0 Å². The van der Waals surface area contributed by atoms with Crippen LogP contribution in [0.5, 0.6) is 0 Å². The number of benzene rings is 1. The van der Waals surface area contributed by atoms with Crippen molar-refractivity contribution in [2.45, 2.75) is 38.9 Å². The van der Waals surface area contributed by atoms with Crippen LogP contribution >= 0.6 is 0 Å². The Morgan fingerprint density at radius 2 is 2.12 bits per heavy atom. The van der Waals surface area contributed by atoms with E-state index >= 15 is 0 Å². The summed E-state index contributed by atoms with van der Waals surface area (Å²) in [5.41, 5.74) is 3.44. The monoisotopic (exact) mass is 341 g/mol. The average Bonchev–Trinajstić information content (AvgIpc) is 3.15. The molecule has 0 spiro atoms. The Hall–Kier alpha value is -2.34. The number of likely N-dealkylation sites (tertiary alicyclic amines) is 1. The van der Waals surface area contributed by atoms with Gasteiger partial charge in [-0.2, -0.15) is 5.10 Å². The Kier molecular flexibility index (Phi) is 5.38. The standard InChI is InChI=1S/C19H27N5O/c1-14(18-11-20-23(3)15(18)2)21-19(25)22-17-9-10-24(13-17)12-16-7-5-4-6-8-16/h4-8,11,14,17H,9-10,12-13H2,1-3H3,(H2,21,22,25). The lowest BCUT2D eigenvalue weighted by Gasteiger charge is -2.19. The molecule has 0 radical (unpaired) electrons. The third kappa shape index (κ3) is 4.39. The van der Waals surface area contributed by atoms with Gasteiger partial charge in [0.25, 0.3) is 0 Å². The van der Waals surface area contributed by atoms with Crippen LogP contribution in [-0.4, -0.2) is 39.8 Å². The number of rotatable bonds is 5. The lowest BCUT2D eigenvalue weighted by molar-refractivity contribution is 0.233. The lowest BCUT2D eigenvalue weighted by Crippen LogP contribution is -2.44. The van der Waals surface area contributed by atoms with Crippen LogP contribution in [0.4, 0.5) is 4.79 Å². The third-order valence-electron chi connectivity index (χ3n) is 4.94. The fourth-order valence-corrected chi connectivity index (χ4v) is 3.38. The van der Waals surface area contributed by atoms with Gasteiger partial charge < -0.3 is 10.6 Å². The largest absolute Gasteiger partial charge is 0.334 e. The van der Waals surface area contributed by atoms with E-state index < -0.39 is 0 Å². The molecule has 2 unspecified atom stereocenters. The molecule has 0 saturated carbocycles. The summed E-state index contributed by atoms with van der Waals surface area (Å²) in [5.74, 6) is 0. The molecular formula is C19H27N5O. The van der Waals surface area contributed by atoms with Gasteiger partial charge in [0.15, 0.2) is 0 Å². The van der Waals surface area contributed by atoms with E-state index in [0.29, 0.717) is 0 Å². The van der Waals surface area contributed by atoms with E-state index in [0.717, 1.165) is 37.3 Å². The molecule has 0 aliphatic carbocycles. The summed E-state index contributed by atoms with van der Waals surface area (Å²) in [6, 6.07) is 10.5.